The minimum absolute atomic E-state index is 0.0146. The topological polar surface area (TPSA) is 70.3 Å². The number of ether oxygens (including phenoxy) is 1. The molecule has 102 valence electrons. The van der Waals surface area contributed by atoms with E-state index in [-0.39, 0.29) is 22.6 Å². The molecule has 1 N–H and O–H groups in total. The lowest BCUT2D eigenvalue weighted by molar-refractivity contribution is -0.275. The van der Waals surface area contributed by atoms with E-state index in [4.69, 9.17) is 22.0 Å². The first-order chi connectivity index (χ1) is 8.78. The maximum atomic E-state index is 12.2. The summed E-state index contributed by atoms with van der Waals surface area (Å²) in [5, 5.41) is 17.5. The summed E-state index contributed by atoms with van der Waals surface area (Å²) in [7, 11) is 0. The Kier molecular flexibility index (Phi) is 4.62. The molecule has 0 bridgehead atoms. The Morgan fingerprint density at radius 1 is 1.42 bits per heavy atom. The SMILES string of the molecule is N#Cc1ccc(OC(F)(F)F)c(CC(=O)O)c1CCl. The van der Waals surface area contributed by atoms with Crippen molar-refractivity contribution in [1.29, 1.82) is 5.26 Å². The molecule has 8 heteroatoms. The normalized spacial score (nSPS) is 10.9. The van der Waals surface area contributed by atoms with Crippen LogP contribution in [0.1, 0.15) is 16.7 Å². The second kappa shape index (κ2) is 5.80. The molecule has 0 saturated carbocycles. The van der Waals surface area contributed by atoms with Gasteiger partial charge < -0.3 is 9.84 Å². The Morgan fingerprint density at radius 2 is 2.05 bits per heavy atom. The number of nitriles is 1. The van der Waals surface area contributed by atoms with Gasteiger partial charge in [-0.1, -0.05) is 0 Å². The van der Waals surface area contributed by atoms with Crippen LogP contribution < -0.4 is 4.74 Å². The average Bonchev–Trinajstić information content (AvgIpc) is 2.28. The van der Waals surface area contributed by atoms with Crippen molar-refractivity contribution in [2.24, 2.45) is 0 Å². The van der Waals surface area contributed by atoms with E-state index in [1.165, 1.54) is 0 Å². The van der Waals surface area contributed by atoms with Gasteiger partial charge in [-0.05, 0) is 17.7 Å². The van der Waals surface area contributed by atoms with Gasteiger partial charge in [0.1, 0.15) is 5.75 Å². The van der Waals surface area contributed by atoms with Crippen LogP contribution in [0.15, 0.2) is 12.1 Å². The monoisotopic (exact) mass is 293 g/mol. The number of aliphatic carboxylic acids is 1. The molecule has 0 radical (unpaired) electrons. The zero-order valence-corrected chi connectivity index (χ0v) is 10.0. The number of halogens is 4. The van der Waals surface area contributed by atoms with Gasteiger partial charge in [0.2, 0.25) is 0 Å². The van der Waals surface area contributed by atoms with Gasteiger partial charge >= 0.3 is 12.3 Å². The zero-order valence-electron chi connectivity index (χ0n) is 9.29. The molecule has 0 spiro atoms. The summed E-state index contributed by atoms with van der Waals surface area (Å²) in [6.07, 6.45) is -5.67. The summed E-state index contributed by atoms with van der Waals surface area (Å²) in [6.45, 7) is 0. The number of hydrogen-bond donors (Lipinski definition) is 1. The number of hydrogen-bond acceptors (Lipinski definition) is 3. The van der Waals surface area contributed by atoms with Gasteiger partial charge in [0.15, 0.2) is 0 Å². The highest BCUT2D eigenvalue weighted by Crippen LogP contribution is 2.31. The summed E-state index contributed by atoms with van der Waals surface area (Å²) in [5.74, 6) is -2.31. The lowest BCUT2D eigenvalue weighted by Gasteiger charge is -2.15. The van der Waals surface area contributed by atoms with Crippen molar-refractivity contribution in [2.75, 3.05) is 0 Å². The van der Waals surface area contributed by atoms with Crippen LogP contribution in [0, 0.1) is 11.3 Å². The lowest BCUT2D eigenvalue weighted by atomic mass is 9.99. The maximum absolute atomic E-state index is 12.2. The standard InChI is InChI=1S/C11H7ClF3NO3/c12-4-8-6(5-16)1-2-9(19-11(13,14)15)7(8)3-10(17)18/h1-2H,3-4H2,(H,17,18). The van der Waals surface area contributed by atoms with Crippen molar-refractivity contribution >= 4 is 17.6 Å². The van der Waals surface area contributed by atoms with E-state index in [0.717, 1.165) is 12.1 Å². The fraction of sp³-hybridized carbons (Fsp3) is 0.273. The van der Waals surface area contributed by atoms with Crippen molar-refractivity contribution in [3.05, 3.63) is 28.8 Å². The molecule has 4 nitrogen and oxygen atoms in total. The molecule has 1 rings (SSSR count). The molecule has 0 atom stereocenters. The number of carboxylic acids is 1. The van der Waals surface area contributed by atoms with E-state index >= 15 is 0 Å². The second-order valence-electron chi connectivity index (χ2n) is 3.43. The molecule has 0 aliphatic rings. The highest BCUT2D eigenvalue weighted by molar-refractivity contribution is 6.17. The van der Waals surface area contributed by atoms with E-state index in [9.17, 15) is 18.0 Å². The summed E-state index contributed by atoms with van der Waals surface area (Å²) < 4.78 is 40.4. The van der Waals surface area contributed by atoms with Crippen LogP contribution in [0.2, 0.25) is 0 Å². The van der Waals surface area contributed by atoms with Gasteiger partial charge in [-0.2, -0.15) is 5.26 Å². The Hall–Kier alpha value is -1.94. The third-order valence-corrected chi connectivity index (χ3v) is 2.46. The molecule has 1 aromatic carbocycles. The van der Waals surface area contributed by atoms with Crippen LogP contribution in [-0.4, -0.2) is 17.4 Å². The third-order valence-electron chi connectivity index (χ3n) is 2.20. The third kappa shape index (κ3) is 4.03. The average molecular weight is 294 g/mol. The van der Waals surface area contributed by atoms with Gasteiger partial charge in [0.05, 0.1) is 18.1 Å². The van der Waals surface area contributed by atoms with E-state index in [1.54, 1.807) is 6.07 Å². The molecule has 0 heterocycles. The van der Waals surface area contributed by atoms with Crippen molar-refractivity contribution in [1.82, 2.24) is 0 Å². The van der Waals surface area contributed by atoms with E-state index in [2.05, 4.69) is 4.74 Å². The zero-order chi connectivity index (χ0) is 14.6. The van der Waals surface area contributed by atoms with Crippen LogP contribution in [-0.2, 0) is 17.1 Å². The molecule has 0 saturated heterocycles. The highest BCUT2D eigenvalue weighted by Gasteiger charge is 2.33. The fourth-order valence-electron chi connectivity index (χ4n) is 1.49. The molecular formula is C11H7ClF3NO3. The molecule has 0 aromatic heterocycles. The Morgan fingerprint density at radius 3 is 2.47 bits per heavy atom. The fourth-order valence-corrected chi connectivity index (χ4v) is 1.80. The number of benzene rings is 1. The predicted octanol–water partition coefficient (Wildman–Crippen LogP) is 2.82. The van der Waals surface area contributed by atoms with Crippen LogP contribution in [0.5, 0.6) is 5.75 Å². The first-order valence-electron chi connectivity index (χ1n) is 4.87. The quantitative estimate of drug-likeness (QED) is 0.867. The predicted molar refractivity (Wildman–Crippen MR) is 58.7 cm³/mol. The van der Waals surface area contributed by atoms with Crippen molar-refractivity contribution in [2.45, 2.75) is 18.7 Å². The molecule has 0 aliphatic carbocycles. The summed E-state index contributed by atoms with van der Waals surface area (Å²) >= 11 is 5.56. The highest BCUT2D eigenvalue weighted by atomic mass is 35.5. The molecular weight excluding hydrogens is 287 g/mol. The van der Waals surface area contributed by atoms with Gasteiger partial charge in [-0.3, -0.25) is 4.79 Å². The van der Waals surface area contributed by atoms with E-state index in [0.29, 0.717) is 0 Å². The molecule has 19 heavy (non-hydrogen) atoms. The van der Waals surface area contributed by atoms with Crippen LogP contribution in [0.25, 0.3) is 0 Å². The van der Waals surface area contributed by atoms with Crippen LogP contribution in [0.3, 0.4) is 0 Å². The first-order valence-corrected chi connectivity index (χ1v) is 5.40. The van der Waals surface area contributed by atoms with Crippen molar-refractivity contribution in [3.8, 4) is 11.8 Å². The molecule has 1 aromatic rings. The van der Waals surface area contributed by atoms with Gasteiger partial charge in [0, 0.05) is 11.4 Å². The number of alkyl halides is 4. The second-order valence-corrected chi connectivity index (χ2v) is 3.70. The largest absolute Gasteiger partial charge is 0.573 e. The smallest absolute Gasteiger partial charge is 0.481 e. The number of rotatable bonds is 4. The summed E-state index contributed by atoms with van der Waals surface area (Å²) in [5.41, 5.74) is -0.215. The molecule has 0 aliphatic heterocycles. The Labute approximate surface area is 111 Å². The number of carbonyl (C=O) groups is 1. The Bertz CT molecular complexity index is 537. The minimum Gasteiger partial charge on any atom is -0.481 e. The van der Waals surface area contributed by atoms with E-state index in [1.807, 2.05) is 0 Å². The van der Waals surface area contributed by atoms with Crippen LogP contribution >= 0.6 is 11.6 Å². The van der Waals surface area contributed by atoms with E-state index < -0.39 is 24.5 Å². The molecule has 0 fully saturated rings. The molecule has 0 amide bonds. The Balaban J connectivity index is 3.38. The number of carboxylic acid groups (broad SMARTS) is 1. The molecule has 0 unspecified atom stereocenters. The first kappa shape index (κ1) is 15.1. The maximum Gasteiger partial charge on any atom is 0.573 e. The van der Waals surface area contributed by atoms with Gasteiger partial charge in [-0.25, -0.2) is 0 Å². The van der Waals surface area contributed by atoms with Gasteiger partial charge in [-0.15, -0.1) is 24.8 Å². The van der Waals surface area contributed by atoms with Crippen LogP contribution in [0.4, 0.5) is 13.2 Å². The van der Waals surface area contributed by atoms with Crippen molar-refractivity contribution in [3.63, 3.8) is 0 Å². The lowest BCUT2D eigenvalue weighted by Crippen LogP contribution is -2.19. The summed E-state index contributed by atoms with van der Waals surface area (Å²) in [4.78, 5) is 10.7. The summed E-state index contributed by atoms with van der Waals surface area (Å²) in [6, 6.07) is 3.74. The van der Waals surface area contributed by atoms with Gasteiger partial charge in [0.25, 0.3) is 0 Å². The number of nitrogens with zero attached hydrogens (tertiary/aromatic N) is 1. The minimum atomic E-state index is -4.95. The van der Waals surface area contributed by atoms with Crippen molar-refractivity contribution < 1.29 is 27.8 Å².